The number of aliphatic hydroxyl groups is 3. The van der Waals surface area contributed by atoms with Crippen molar-refractivity contribution in [1.29, 1.82) is 0 Å². The van der Waals surface area contributed by atoms with E-state index in [1.807, 2.05) is 24.3 Å². The molecule has 34 heavy (non-hydrogen) atoms. The Morgan fingerprint density at radius 3 is 2.47 bits per heavy atom. The summed E-state index contributed by atoms with van der Waals surface area (Å²) in [6, 6.07) is 7.34. The van der Waals surface area contributed by atoms with E-state index in [0.29, 0.717) is 28.8 Å². The van der Waals surface area contributed by atoms with E-state index >= 15 is 0 Å². The number of hydrogen-bond acceptors (Lipinski definition) is 9. The first kappa shape index (κ1) is 24.9. The quantitative estimate of drug-likeness (QED) is 0.299. The zero-order valence-electron chi connectivity index (χ0n) is 19.0. The molecule has 1 unspecified atom stereocenters. The van der Waals surface area contributed by atoms with Gasteiger partial charge >= 0.3 is 0 Å². The molecule has 2 fully saturated rings. The number of aliphatic hydroxyl groups excluding tert-OH is 2. The molecule has 4 atom stereocenters. The number of para-hydroxylation sites is 1. The van der Waals surface area contributed by atoms with Crippen LogP contribution in [0.25, 0.3) is 20.8 Å². The third kappa shape index (κ3) is 4.65. The van der Waals surface area contributed by atoms with Gasteiger partial charge in [-0.15, -0.1) is 23.7 Å². The number of nitrogens with one attached hydrogen (secondary N) is 3. The Hall–Kier alpha value is -2.24. The molecule has 2 saturated carbocycles. The Bertz CT molecular complexity index is 1190. The molecular formula is C23H30ClN5O4S. The van der Waals surface area contributed by atoms with E-state index in [-0.39, 0.29) is 24.0 Å². The molecule has 0 spiro atoms. The number of aromatic nitrogens is 3. The molecule has 3 aromatic rings. The van der Waals surface area contributed by atoms with Crippen LogP contribution in [0.15, 0.2) is 29.1 Å². The number of benzene rings is 1. The Balaban J connectivity index is 0.00000274. The van der Waals surface area contributed by atoms with Crippen LogP contribution in [-0.2, 0) is 0 Å². The first-order valence-corrected chi connectivity index (χ1v) is 12.1. The van der Waals surface area contributed by atoms with Gasteiger partial charge in [0.2, 0.25) is 5.95 Å². The van der Waals surface area contributed by atoms with Crippen LogP contribution in [0.3, 0.4) is 0 Å². The smallest absolute Gasteiger partial charge is 0.264 e. The van der Waals surface area contributed by atoms with Crippen molar-refractivity contribution in [1.82, 2.24) is 15.0 Å². The average Bonchev–Trinajstić information content (AvgIpc) is 3.26. The molecule has 0 radical (unpaired) electrons. The highest BCUT2D eigenvalue weighted by Gasteiger charge is 2.48. The third-order valence-corrected chi connectivity index (χ3v) is 7.84. The minimum absolute atomic E-state index is 0. The molecule has 0 saturated heterocycles. The van der Waals surface area contributed by atoms with Crippen LogP contribution in [0.2, 0.25) is 0 Å². The monoisotopic (exact) mass is 507 g/mol. The van der Waals surface area contributed by atoms with Crippen molar-refractivity contribution in [2.45, 2.75) is 69.4 Å². The van der Waals surface area contributed by atoms with Crippen molar-refractivity contribution in [3.8, 4) is 10.6 Å². The molecule has 11 heteroatoms. The number of thiazole rings is 1. The van der Waals surface area contributed by atoms with Gasteiger partial charge in [-0.3, -0.25) is 9.78 Å². The molecule has 9 nitrogen and oxygen atoms in total. The maximum Gasteiger partial charge on any atom is 0.264 e. The van der Waals surface area contributed by atoms with Crippen LogP contribution in [0.4, 0.5) is 11.8 Å². The summed E-state index contributed by atoms with van der Waals surface area (Å²) in [6.45, 7) is 3.24. The number of anilines is 2. The van der Waals surface area contributed by atoms with Crippen LogP contribution in [0, 0.1) is 5.92 Å². The van der Waals surface area contributed by atoms with Crippen LogP contribution >= 0.6 is 23.7 Å². The highest BCUT2D eigenvalue weighted by atomic mass is 35.5. The highest BCUT2D eigenvalue weighted by Crippen LogP contribution is 2.38. The van der Waals surface area contributed by atoms with Gasteiger partial charge in [0.15, 0.2) is 0 Å². The molecule has 5 rings (SSSR count). The topological polar surface area (TPSA) is 143 Å². The first-order valence-electron chi connectivity index (χ1n) is 11.3. The summed E-state index contributed by atoms with van der Waals surface area (Å²) in [5.74, 6) is 0.141. The van der Waals surface area contributed by atoms with Crippen molar-refractivity contribution in [3.05, 3.63) is 34.6 Å². The van der Waals surface area contributed by atoms with Crippen molar-refractivity contribution < 1.29 is 15.3 Å². The Labute approximate surface area is 207 Å². The Morgan fingerprint density at radius 1 is 1.12 bits per heavy atom. The zero-order chi connectivity index (χ0) is 23.3. The number of aromatic amines is 1. The minimum Gasteiger partial charge on any atom is -0.390 e. The van der Waals surface area contributed by atoms with Crippen LogP contribution < -0.4 is 16.2 Å². The van der Waals surface area contributed by atoms with Gasteiger partial charge in [-0.25, -0.2) is 4.98 Å². The fourth-order valence-corrected chi connectivity index (χ4v) is 5.63. The van der Waals surface area contributed by atoms with E-state index in [1.54, 1.807) is 13.8 Å². The molecule has 2 aliphatic rings. The molecule has 0 amide bonds. The lowest BCUT2D eigenvalue weighted by molar-refractivity contribution is -0.0601. The van der Waals surface area contributed by atoms with Gasteiger partial charge < -0.3 is 26.0 Å². The van der Waals surface area contributed by atoms with E-state index in [0.717, 1.165) is 29.5 Å². The highest BCUT2D eigenvalue weighted by molar-refractivity contribution is 7.21. The Morgan fingerprint density at radius 2 is 1.85 bits per heavy atom. The predicted molar refractivity (Wildman–Crippen MR) is 136 cm³/mol. The van der Waals surface area contributed by atoms with E-state index in [2.05, 4.69) is 25.6 Å². The number of H-pyrrole nitrogens is 1. The number of halogens is 1. The standard InChI is InChI=1S/C23H29N5O4S.ClH/c1-23(2,32)12-10-14(18(30)17(12)29)25-19-16(21-26-13-8-3-4-9-15(13)33-21)20(31)28-22(27-19)24-11-6-5-7-11;/h3-4,8-9,11-12,14,17-18,29-30,32H,5-7,10H2,1-2H3,(H3,24,25,27,28,31);1H/t12-,14?,17+,18-;/m0./s1. The second-order valence-corrected chi connectivity index (χ2v) is 10.7. The van der Waals surface area contributed by atoms with Gasteiger partial charge in [-0.1, -0.05) is 12.1 Å². The lowest BCUT2D eigenvalue weighted by atomic mass is 9.88. The molecule has 0 bridgehead atoms. The van der Waals surface area contributed by atoms with Gasteiger partial charge in [0, 0.05) is 12.0 Å². The Kier molecular flexibility index (Phi) is 6.90. The van der Waals surface area contributed by atoms with E-state index in [9.17, 15) is 20.1 Å². The van der Waals surface area contributed by atoms with Gasteiger partial charge in [-0.2, -0.15) is 4.98 Å². The molecule has 184 valence electrons. The van der Waals surface area contributed by atoms with Gasteiger partial charge in [0.25, 0.3) is 5.56 Å². The number of rotatable bonds is 6. The van der Waals surface area contributed by atoms with E-state index in [1.165, 1.54) is 11.3 Å². The summed E-state index contributed by atoms with van der Waals surface area (Å²) in [5, 5.41) is 38.6. The maximum absolute atomic E-state index is 13.2. The third-order valence-electron chi connectivity index (χ3n) is 6.78. The fourth-order valence-electron chi connectivity index (χ4n) is 4.62. The molecular weight excluding hydrogens is 478 g/mol. The maximum atomic E-state index is 13.2. The summed E-state index contributed by atoms with van der Waals surface area (Å²) in [5.41, 5.74) is -0.410. The fraction of sp³-hybridized carbons (Fsp3) is 0.522. The lowest BCUT2D eigenvalue weighted by Crippen LogP contribution is -2.40. The minimum atomic E-state index is -1.16. The van der Waals surface area contributed by atoms with Crippen LogP contribution in [0.1, 0.15) is 39.5 Å². The summed E-state index contributed by atoms with van der Waals surface area (Å²) < 4.78 is 0.952. The molecule has 6 N–H and O–H groups in total. The number of fused-ring (bicyclic) bond motifs is 1. The van der Waals surface area contributed by atoms with Crippen molar-refractivity contribution >= 4 is 45.7 Å². The number of hydrogen-bond donors (Lipinski definition) is 6. The molecule has 2 aromatic heterocycles. The zero-order valence-corrected chi connectivity index (χ0v) is 20.6. The van der Waals surface area contributed by atoms with Gasteiger partial charge in [-0.05, 0) is 51.7 Å². The van der Waals surface area contributed by atoms with E-state index in [4.69, 9.17) is 0 Å². The predicted octanol–water partition coefficient (Wildman–Crippen LogP) is 2.73. The van der Waals surface area contributed by atoms with Crippen LogP contribution in [-0.4, -0.2) is 60.2 Å². The second-order valence-electron chi connectivity index (χ2n) is 9.62. The molecule has 2 aliphatic carbocycles. The van der Waals surface area contributed by atoms with Crippen molar-refractivity contribution in [3.63, 3.8) is 0 Å². The van der Waals surface area contributed by atoms with Crippen LogP contribution in [0.5, 0.6) is 0 Å². The normalized spacial score (nSPS) is 25.1. The summed E-state index contributed by atoms with van der Waals surface area (Å²) in [7, 11) is 0. The average molecular weight is 508 g/mol. The molecule has 0 aliphatic heterocycles. The summed E-state index contributed by atoms with van der Waals surface area (Å²) in [6.07, 6.45) is 1.29. The lowest BCUT2D eigenvalue weighted by Gasteiger charge is -2.28. The van der Waals surface area contributed by atoms with Crippen molar-refractivity contribution in [2.24, 2.45) is 5.92 Å². The molecule has 2 heterocycles. The van der Waals surface area contributed by atoms with Gasteiger partial charge in [0.1, 0.15) is 22.5 Å². The summed E-state index contributed by atoms with van der Waals surface area (Å²) in [4.78, 5) is 25.3. The second kappa shape index (κ2) is 9.43. The van der Waals surface area contributed by atoms with Crippen molar-refractivity contribution in [2.75, 3.05) is 10.6 Å². The first-order chi connectivity index (χ1) is 15.7. The van der Waals surface area contributed by atoms with E-state index < -0.39 is 29.8 Å². The largest absolute Gasteiger partial charge is 0.390 e. The van der Waals surface area contributed by atoms with Gasteiger partial charge in [0.05, 0.1) is 28.0 Å². The SMILES string of the molecule is CC(C)(O)[C@H]1CC(Nc2nc(NC3CCC3)[nH]c(=O)c2-c2nc3ccccc3s2)[C@H](O)[C@@H]1O.Cl. The summed E-state index contributed by atoms with van der Waals surface area (Å²) >= 11 is 1.39. The number of nitrogens with zero attached hydrogens (tertiary/aromatic N) is 2. The molecule has 1 aromatic carbocycles.